The molecular formula is C15H24ClNO2S. The Morgan fingerprint density at radius 3 is 2.25 bits per heavy atom. The van der Waals surface area contributed by atoms with Crippen LogP contribution in [0, 0.1) is 5.41 Å². The van der Waals surface area contributed by atoms with Gasteiger partial charge in [0, 0.05) is 19.0 Å². The first-order chi connectivity index (χ1) is 9.24. The summed E-state index contributed by atoms with van der Waals surface area (Å²) in [6.45, 7) is 6.88. The predicted molar refractivity (Wildman–Crippen MR) is 85.4 cm³/mol. The number of rotatable bonds is 7. The first kappa shape index (κ1) is 17.5. The molecule has 3 nitrogen and oxygen atoms in total. The summed E-state index contributed by atoms with van der Waals surface area (Å²) < 4.78 is 26.4. The van der Waals surface area contributed by atoms with Gasteiger partial charge in [-0.1, -0.05) is 51.1 Å². The normalized spacial score (nSPS) is 12.8. The van der Waals surface area contributed by atoms with E-state index in [-0.39, 0.29) is 11.2 Å². The molecular weight excluding hydrogens is 294 g/mol. The fraction of sp³-hybridized carbons (Fsp3) is 0.600. The number of benzene rings is 1. The van der Waals surface area contributed by atoms with E-state index in [0.29, 0.717) is 25.4 Å². The lowest BCUT2D eigenvalue weighted by Crippen LogP contribution is -2.35. The molecule has 20 heavy (non-hydrogen) atoms. The van der Waals surface area contributed by atoms with Crippen LogP contribution in [0.25, 0.3) is 0 Å². The van der Waals surface area contributed by atoms with E-state index >= 15 is 0 Å². The SMILES string of the molecule is CC(C)(C)CCS(=O)(=O)N(CCCl)Cc1ccccc1. The molecule has 0 fully saturated rings. The Hall–Kier alpha value is -0.580. The maximum absolute atomic E-state index is 12.4. The second-order valence-electron chi connectivity index (χ2n) is 6.13. The van der Waals surface area contributed by atoms with Gasteiger partial charge < -0.3 is 0 Å². The van der Waals surface area contributed by atoms with Crippen molar-refractivity contribution in [2.24, 2.45) is 5.41 Å². The number of halogens is 1. The quantitative estimate of drug-likeness (QED) is 0.722. The van der Waals surface area contributed by atoms with Crippen molar-refractivity contribution in [2.45, 2.75) is 33.7 Å². The standard InChI is InChI=1S/C15H24ClNO2S/c1-15(2,3)9-12-20(18,19)17(11-10-16)13-14-7-5-4-6-8-14/h4-8H,9-13H2,1-3H3. The van der Waals surface area contributed by atoms with Crippen molar-refractivity contribution in [3.8, 4) is 0 Å². The van der Waals surface area contributed by atoms with Gasteiger partial charge in [-0.05, 0) is 17.4 Å². The van der Waals surface area contributed by atoms with Crippen molar-refractivity contribution in [1.82, 2.24) is 4.31 Å². The van der Waals surface area contributed by atoms with E-state index in [1.165, 1.54) is 4.31 Å². The van der Waals surface area contributed by atoms with Gasteiger partial charge in [0.2, 0.25) is 10.0 Å². The van der Waals surface area contributed by atoms with Crippen molar-refractivity contribution in [3.63, 3.8) is 0 Å². The maximum atomic E-state index is 12.4. The topological polar surface area (TPSA) is 37.4 Å². The highest BCUT2D eigenvalue weighted by molar-refractivity contribution is 7.89. The highest BCUT2D eigenvalue weighted by Gasteiger charge is 2.24. The Labute approximate surface area is 128 Å². The van der Waals surface area contributed by atoms with Gasteiger partial charge in [0.15, 0.2) is 0 Å². The van der Waals surface area contributed by atoms with Gasteiger partial charge in [-0.25, -0.2) is 8.42 Å². The number of hydrogen-bond acceptors (Lipinski definition) is 2. The van der Waals surface area contributed by atoms with Gasteiger partial charge >= 0.3 is 0 Å². The third-order valence-electron chi connectivity index (χ3n) is 3.04. The second-order valence-corrected chi connectivity index (χ2v) is 8.60. The summed E-state index contributed by atoms with van der Waals surface area (Å²) in [5, 5.41) is 0. The van der Waals surface area contributed by atoms with Crippen LogP contribution in [0.5, 0.6) is 0 Å². The Bertz CT molecular complexity index is 494. The molecule has 0 N–H and O–H groups in total. The molecule has 0 saturated heterocycles. The van der Waals surface area contributed by atoms with Crippen LogP contribution < -0.4 is 0 Å². The average molecular weight is 318 g/mol. The van der Waals surface area contributed by atoms with Crippen LogP contribution in [-0.4, -0.2) is 30.9 Å². The summed E-state index contributed by atoms with van der Waals surface area (Å²) in [5.41, 5.74) is 0.990. The van der Waals surface area contributed by atoms with Crippen LogP contribution in [0.2, 0.25) is 0 Å². The molecule has 0 aliphatic heterocycles. The average Bonchev–Trinajstić information content (AvgIpc) is 2.37. The molecule has 0 unspecified atom stereocenters. The zero-order chi connectivity index (χ0) is 15.2. The largest absolute Gasteiger partial charge is 0.214 e. The van der Waals surface area contributed by atoms with E-state index in [1.807, 2.05) is 51.1 Å². The van der Waals surface area contributed by atoms with Crippen LogP contribution in [-0.2, 0) is 16.6 Å². The molecule has 0 bridgehead atoms. The summed E-state index contributed by atoms with van der Waals surface area (Å²) >= 11 is 5.75. The van der Waals surface area contributed by atoms with E-state index in [2.05, 4.69) is 0 Å². The molecule has 0 heterocycles. The number of alkyl halides is 1. The zero-order valence-electron chi connectivity index (χ0n) is 12.5. The van der Waals surface area contributed by atoms with E-state index in [0.717, 1.165) is 5.56 Å². The summed E-state index contributed by atoms with van der Waals surface area (Å²) in [7, 11) is -3.27. The number of sulfonamides is 1. The number of hydrogen-bond donors (Lipinski definition) is 0. The molecule has 0 atom stereocenters. The molecule has 0 saturated carbocycles. The summed E-state index contributed by atoms with van der Waals surface area (Å²) in [6, 6.07) is 9.61. The Balaban J connectivity index is 2.78. The van der Waals surface area contributed by atoms with Crippen LogP contribution >= 0.6 is 11.6 Å². The van der Waals surface area contributed by atoms with E-state index < -0.39 is 10.0 Å². The Morgan fingerprint density at radius 2 is 1.75 bits per heavy atom. The van der Waals surface area contributed by atoms with Crippen LogP contribution in [0.4, 0.5) is 0 Å². The summed E-state index contributed by atoms with van der Waals surface area (Å²) in [4.78, 5) is 0. The van der Waals surface area contributed by atoms with Crippen molar-refractivity contribution >= 4 is 21.6 Å². The van der Waals surface area contributed by atoms with Gasteiger partial charge in [-0.3, -0.25) is 0 Å². The van der Waals surface area contributed by atoms with Gasteiger partial charge in [-0.2, -0.15) is 4.31 Å². The van der Waals surface area contributed by atoms with Gasteiger partial charge in [-0.15, -0.1) is 11.6 Å². The highest BCUT2D eigenvalue weighted by atomic mass is 35.5. The minimum Gasteiger partial charge on any atom is -0.212 e. The Morgan fingerprint density at radius 1 is 1.15 bits per heavy atom. The fourth-order valence-corrected chi connectivity index (χ4v) is 3.91. The first-order valence-corrected chi connectivity index (χ1v) is 8.97. The monoisotopic (exact) mass is 317 g/mol. The van der Waals surface area contributed by atoms with Crippen LogP contribution in [0.15, 0.2) is 30.3 Å². The molecule has 1 rings (SSSR count). The predicted octanol–water partition coefficient (Wildman–Crippen LogP) is 3.49. The lowest BCUT2D eigenvalue weighted by atomic mass is 9.94. The smallest absolute Gasteiger partial charge is 0.212 e. The van der Waals surface area contributed by atoms with Gasteiger partial charge in [0.05, 0.1) is 5.75 Å². The van der Waals surface area contributed by atoms with Crippen molar-refractivity contribution in [3.05, 3.63) is 35.9 Å². The van der Waals surface area contributed by atoms with E-state index in [4.69, 9.17) is 11.6 Å². The molecule has 0 spiro atoms. The summed E-state index contributed by atoms with van der Waals surface area (Å²) in [5.74, 6) is 0.474. The fourth-order valence-electron chi connectivity index (χ4n) is 1.76. The molecule has 0 aromatic heterocycles. The molecule has 1 aromatic rings. The van der Waals surface area contributed by atoms with E-state index in [9.17, 15) is 8.42 Å². The molecule has 1 aromatic carbocycles. The third-order valence-corrected chi connectivity index (χ3v) is 5.03. The molecule has 0 amide bonds. The molecule has 0 aliphatic carbocycles. The van der Waals surface area contributed by atoms with E-state index in [1.54, 1.807) is 0 Å². The maximum Gasteiger partial charge on any atom is 0.214 e. The molecule has 114 valence electrons. The minimum absolute atomic E-state index is 0.00640. The Kier molecular flexibility index (Phi) is 6.49. The van der Waals surface area contributed by atoms with Crippen molar-refractivity contribution < 1.29 is 8.42 Å². The van der Waals surface area contributed by atoms with Crippen LogP contribution in [0.1, 0.15) is 32.8 Å². The van der Waals surface area contributed by atoms with Crippen molar-refractivity contribution in [1.29, 1.82) is 0 Å². The summed E-state index contributed by atoms with van der Waals surface area (Å²) in [6.07, 6.45) is 0.642. The molecule has 0 radical (unpaired) electrons. The molecule has 5 heteroatoms. The highest BCUT2D eigenvalue weighted by Crippen LogP contribution is 2.21. The van der Waals surface area contributed by atoms with Gasteiger partial charge in [0.25, 0.3) is 0 Å². The number of nitrogens with zero attached hydrogens (tertiary/aromatic N) is 1. The first-order valence-electron chi connectivity index (χ1n) is 6.82. The van der Waals surface area contributed by atoms with Crippen LogP contribution in [0.3, 0.4) is 0 Å². The molecule has 0 aliphatic rings. The zero-order valence-corrected chi connectivity index (χ0v) is 14.0. The second kappa shape index (κ2) is 7.43. The van der Waals surface area contributed by atoms with Gasteiger partial charge in [0.1, 0.15) is 0 Å². The lowest BCUT2D eigenvalue weighted by molar-refractivity contribution is 0.381. The minimum atomic E-state index is -3.27. The lowest BCUT2D eigenvalue weighted by Gasteiger charge is -2.24. The van der Waals surface area contributed by atoms with Crippen molar-refractivity contribution in [2.75, 3.05) is 18.2 Å². The third kappa shape index (κ3) is 6.25.